The number of para-hydroxylation sites is 1. The van der Waals surface area contributed by atoms with Crippen molar-refractivity contribution in [3.63, 3.8) is 0 Å². The first kappa shape index (κ1) is 11.0. The Kier molecular flexibility index (Phi) is 3.48. The van der Waals surface area contributed by atoms with Crippen molar-refractivity contribution >= 4 is 5.69 Å². The fourth-order valence-corrected chi connectivity index (χ4v) is 2.36. The lowest BCUT2D eigenvalue weighted by Gasteiger charge is -2.16. The number of hydrogen-bond donors (Lipinski definition) is 1. The molecule has 1 aromatic rings. The number of fused-ring (bicyclic) bond motifs is 1. The zero-order chi connectivity index (χ0) is 11.4. The third-order valence-corrected chi connectivity index (χ3v) is 3.12. The van der Waals surface area contributed by atoms with Crippen molar-refractivity contribution in [2.75, 3.05) is 24.5 Å². The average molecular weight is 214 g/mol. The second-order valence-corrected chi connectivity index (χ2v) is 4.14. The molecule has 84 valence electrons. The molecule has 1 atom stereocenters. The van der Waals surface area contributed by atoms with Gasteiger partial charge in [-0.3, -0.25) is 0 Å². The van der Waals surface area contributed by atoms with Crippen molar-refractivity contribution in [2.24, 2.45) is 5.73 Å². The Morgan fingerprint density at radius 3 is 3.00 bits per heavy atom. The van der Waals surface area contributed by atoms with Gasteiger partial charge < -0.3 is 10.6 Å². The Morgan fingerprint density at radius 2 is 2.25 bits per heavy atom. The molecule has 1 aromatic carbocycles. The van der Waals surface area contributed by atoms with Gasteiger partial charge in [0.1, 0.15) is 0 Å². The van der Waals surface area contributed by atoms with Gasteiger partial charge in [0.25, 0.3) is 0 Å². The molecule has 0 saturated carbocycles. The van der Waals surface area contributed by atoms with Crippen LogP contribution >= 0.6 is 0 Å². The number of benzene rings is 1. The molecule has 0 amide bonds. The van der Waals surface area contributed by atoms with Gasteiger partial charge in [-0.15, -0.1) is 5.92 Å². The predicted molar refractivity (Wildman–Crippen MR) is 68.5 cm³/mol. The molecule has 2 N–H and O–H groups in total. The molecular weight excluding hydrogens is 196 g/mol. The van der Waals surface area contributed by atoms with E-state index in [2.05, 4.69) is 41.0 Å². The Labute approximate surface area is 97.4 Å². The summed E-state index contributed by atoms with van der Waals surface area (Å²) in [6.45, 7) is 4.53. The van der Waals surface area contributed by atoms with Crippen molar-refractivity contribution in [2.45, 2.75) is 19.3 Å². The highest BCUT2D eigenvalue weighted by molar-refractivity contribution is 5.60. The van der Waals surface area contributed by atoms with Crippen molar-refractivity contribution < 1.29 is 0 Å². The molecule has 1 heterocycles. The minimum absolute atomic E-state index is 0.583. The van der Waals surface area contributed by atoms with Crippen molar-refractivity contribution in [1.82, 2.24) is 0 Å². The van der Waals surface area contributed by atoms with Crippen LogP contribution in [0.5, 0.6) is 0 Å². The van der Waals surface area contributed by atoms with Crippen LogP contribution in [0.2, 0.25) is 0 Å². The van der Waals surface area contributed by atoms with E-state index in [1.165, 1.54) is 11.3 Å². The molecule has 16 heavy (non-hydrogen) atoms. The first-order valence-corrected chi connectivity index (χ1v) is 5.80. The minimum Gasteiger partial charge on any atom is -0.360 e. The molecular formula is C14H18N2. The highest BCUT2D eigenvalue weighted by Gasteiger charge is 2.26. The number of nitrogens with two attached hydrogens (primary N) is 1. The van der Waals surface area contributed by atoms with Gasteiger partial charge in [0.05, 0.1) is 6.54 Å². The molecule has 0 fully saturated rings. The van der Waals surface area contributed by atoms with Crippen LogP contribution in [0.3, 0.4) is 0 Å². The maximum Gasteiger partial charge on any atom is 0.0794 e. The third-order valence-electron chi connectivity index (χ3n) is 3.12. The van der Waals surface area contributed by atoms with Gasteiger partial charge in [-0.05, 0) is 31.5 Å². The van der Waals surface area contributed by atoms with Gasteiger partial charge in [0.15, 0.2) is 0 Å². The highest BCUT2D eigenvalue weighted by atomic mass is 15.1. The molecule has 2 nitrogen and oxygen atoms in total. The summed E-state index contributed by atoms with van der Waals surface area (Å²) in [7, 11) is 0. The lowest BCUT2D eigenvalue weighted by molar-refractivity contribution is 0.656. The third kappa shape index (κ3) is 2.05. The predicted octanol–water partition coefficient (Wildman–Crippen LogP) is 1.96. The van der Waals surface area contributed by atoms with Gasteiger partial charge >= 0.3 is 0 Å². The van der Waals surface area contributed by atoms with Gasteiger partial charge in [0, 0.05) is 18.2 Å². The quantitative estimate of drug-likeness (QED) is 0.779. The number of anilines is 1. The maximum absolute atomic E-state index is 5.66. The van der Waals surface area contributed by atoms with Crippen molar-refractivity contribution in [3.8, 4) is 11.8 Å². The molecule has 0 bridgehead atoms. The zero-order valence-electron chi connectivity index (χ0n) is 9.74. The largest absolute Gasteiger partial charge is 0.360 e. The van der Waals surface area contributed by atoms with E-state index in [4.69, 9.17) is 5.73 Å². The first-order chi connectivity index (χ1) is 7.86. The van der Waals surface area contributed by atoms with E-state index >= 15 is 0 Å². The summed E-state index contributed by atoms with van der Waals surface area (Å²) in [5, 5.41) is 0. The van der Waals surface area contributed by atoms with Crippen LogP contribution in [0, 0.1) is 11.8 Å². The van der Waals surface area contributed by atoms with E-state index < -0.39 is 0 Å². The monoisotopic (exact) mass is 214 g/mol. The molecule has 1 aliphatic rings. The second kappa shape index (κ2) is 5.05. The molecule has 1 aliphatic heterocycles. The topological polar surface area (TPSA) is 29.3 Å². The van der Waals surface area contributed by atoms with Gasteiger partial charge in [-0.1, -0.05) is 24.1 Å². The Morgan fingerprint density at radius 1 is 1.44 bits per heavy atom. The summed E-state index contributed by atoms with van der Waals surface area (Å²) in [6, 6.07) is 8.60. The number of nitrogens with zero attached hydrogens (tertiary/aromatic N) is 1. The van der Waals surface area contributed by atoms with Crippen LogP contribution in [-0.2, 0) is 0 Å². The van der Waals surface area contributed by atoms with Crippen LogP contribution in [-0.4, -0.2) is 19.6 Å². The molecule has 0 saturated heterocycles. The summed E-state index contributed by atoms with van der Waals surface area (Å²) in [4.78, 5) is 2.35. The standard InChI is InChI=1S/C14H18N2/c1-2-3-10-16-11-12(8-9-15)13-6-4-5-7-14(13)16/h4-7,12H,8-11,15H2,1H3. The van der Waals surface area contributed by atoms with Crippen LogP contribution in [0.25, 0.3) is 0 Å². The minimum atomic E-state index is 0.583. The van der Waals surface area contributed by atoms with E-state index in [1.807, 2.05) is 6.92 Å². The molecule has 0 spiro atoms. The number of hydrogen-bond acceptors (Lipinski definition) is 2. The fourth-order valence-electron chi connectivity index (χ4n) is 2.36. The summed E-state index contributed by atoms with van der Waals surface area (Å²) in [6.07, 6.45) is 1.06. The molecule has 0 aliphatic carbocycles. The summed E-state index contributed by atoms with van der Waals surface area (Å²) >= 11 is 0. The first-order valence-electron chi connectivity index (χ1n) is 5.80. The lowest BCUT2D eigenvalue weighted by Crippen LogP contribution is -2.22. The molecule has 2 rings (SSSR count). The highest BCUT2D eigenvalue weighted by Crippen LogP contribution is 2.37. The van der Waals surface area contributed by atoms with Crippen molar-refractivity contribution in [1.29, 1.82) is 0 Å². The van der Waals surface area contributed by atoms with E-state index in [-0.39, 0.29) is 0 Å². The summed E-state index contributed by atoms with van der Waals surface area (Å²) in [5.74, 6) is 6.68. The Balaban J connectivity index is 2.23. The molecule has 0 radical (unpaired) electrons. The van der Waals surface area contributed by atoms with Crippen molar-refractivity contribution in [3.05, 3.63) is 29.8 Å². The van der Waals surface area contributed by atoms with Gasteiger partial charge in [-0.2, -0.15) is 0 Å². The summed E-state index contributed by atoms with van der Waals surface area (Å²) < 4.78 is 0. The lowest BCUT2D eigenvalue weighted by atomic mass is 9.98. The Hall–Kier alpha value is -1.46. The molecule has 1 unspecified atom stereocenters. The van der Waals surface area contributed by atoms with E-state index in [9.17, 15) is 0 Å². The Bertz CT molecular complexity index is 414. The molecule has 2 heteroatoms. The zero-order valence-corrected chi connectivity index (χ0v) is 9.74. The normalized spacial score (nSPS) is 17.9. The SMILES string of the molecule is CC#CCN1CC(CCN)c2ccccc21. The van der Waals surface area contributed by atoms with Crippen LogP contribution in [0.1, 0.15) is 24.8 Å². The second-order valence-electron chi connectivity index (χ2n) is 4.14. The van der Waals surface area contributed by atoms with Crippen LogP contribution < -0.4 is 10.6 Å². The van der Waals surface area contributed by atoms with Gasteiger partial charge in [-0.25, -0.2) is 0 Å². The van der Waals surface area contributed by atoms with Gasteiger partial charge in [0.2, 0.25) is 0 Å². The van der Waals surface area contributed by atoms with E-state index in [0.29, 0.717) is 5.92 Å². The smallest absolute Gasteiger partial charge is 0.0794 e. The average Bonchev–Trinajstić information content (AvgIpc) is 2.66. The fraction of sp³-hybridized carbons (Fsp3) is 0.429. The number of rotatable bonds is 3. The molecule has 0 aromatic heterocycles. The summed E-state index contributed by atoms with van der Waals surface area (Å²) in [5.41, 5.74) is 8.44. The maximum atomic E-state index is 5.66. The van der Waals surface area contributed by atoms with E-state index in [1.54, 1.807) is 0 Å². The van der Waals surface area contributed by atoms with Crippen LogP contribution in [0.15, 0.2) is 24.3 Å². The van der Waals surface area contributed by atoms with E-state index in [0.717, 1.165) is 26.1 Å². The van der Waals surface area contributed by atoms with Crippen LogP contribution in [0.4, 0.5) is 5.69 Å².